The summed E-state index contributed by atoms with van der Waals surface area (Å²) in [5.74, 6) is 0. The summed E-state index contributed by atoms with van der Waals surface area (Å²) in [6.45, 7) is 4.32. The van der Waals surface area contributed by atoms with Crippen LogP contribution in [-0.2, 0) is 6.54 Å². The van der Waals surface area contributed by atoms with Crippen molar-refractivity contribution in [3.05, 3.63) is 36.0 Å². The van der Waals surface area contributed by atoms with Crippen LogP contribution in [0.3, 0.4) is 0 Å². The van der Waals surface area contributed by atoms with Crippen molar-refractivity contribution in [2.24, 2.45) is 0 Å². The second kappa shape index (κ2) is 5.71. The number of hydrogen-bond donors (Lipinski definition) is 2. The molecule has 0 amide bonds. The first-order valence-corrected chi connectivity index (χ1v) is 6.17. The van der Waals surface area contributed by atoms with E-state index in [9.17, 15) is 0 Å². The van der Waals surface area contributed by atoms with E-state index in [2.05, 4.69) is 47.7 Å². The largest absolute Gasteiger partial charge is 0.361 e. The van der Waals surface area contributed by atoms with Crippen molar-refractivity contribution in [3.63, 3.8) is 0 Å². The van der Waals surface area contributed by atoms with Crippen molar-refractivity contribution < 1.29 is 0 Å². The second-order valence-electron chi connectivity index (χ2n) is 4.24. The molecule has 1 heterocycles. The van der Waals surface area contributed by atoms with Crippen LogP contribution in [0.2, 0.25) is 0 Å². The summed E-state index contributed by atoms with van der Waals surface area (Å²) in [6.07, 6.45) is 5.99. The molecule has 16 heavy (non-hydrogen) atoms. The number of para-hydroxylation sites is 1. The molecule has 1 aromatic carbocycles. The fourth-order valence-corrected chi connectivity index (χ4v) is 2.00. The number of benzene rings is 1. The lowest BCUT2D eigenvalue weighted by molar-refractivity contribution is 0.618. The van der Waals surface area contributed by atoms with Crippen LogP contribution in [-0.4, -0.2) is 11.5 Å². The zero-order valence-electron chi connectivity index (χ0n) is 9.92. The van der Waals surface area contributed by atoms with Gasteiger partial charge in [-0.25, -0.2) is 0 Å². The highest BCUT2D eigenvalue weighted by Gasteiger charge is 2.01. The van der Waals surface area contributed by atoms with Crippen LogP contribution in [0, 0.1) is 0 Å². The van der Waals surface area contributed by atoms with Crippen LogP contribution in [0.25, 0.3) is 10.9 Å². The topological polar surface area (TPSA) is 27.8 Å². The zero-order valence-corrected chi connectivity index (χ0v) is 9.92. The fraction of sp³-hybridized carbons (Fsp3) is 0.429. The number of fused-ring (bicyclic) bond motifs is 1. The van der Waals surface area contributed by atoms with Crippen LogP contribution < -0.4 is 5.32 Å². The number of unbranched alkanes of at least 4 members (excludes halogenated alkanes) is 2. The third-order valence-corrected chi connectivity index (χ3v) is 2.95. The number of aromatic nitrogens is 1. The molecule has 0 spiro atoms. The molecule has 86 valence electrons. The average Bonchev–Trinajstić information content (AvgIpc) is 2.73. The van der Waals surface area contributed by atoms with Gasteiger partial charge in [0, 0.05) is 23.6 Å². The molecule has 0 aliphatic heterocycles. The van der Waals surface area contributed by atoms with Crippen molar-refractivity contribution >= 4 is 10.9 Å². The lowest BCUT2D eigenvalue weighted by Gasteiger charge is -2.02. The lowest BCUT2D eigenvalue weighted by atomic mass is 10.2. The molecule has 2 heteroatoms. The summed E-state index contributed by atoms with van der Waals surface area (Å²) in [5.41, 5.74) is 2.60. The highest BCUT2D eigenvalue weighted by Crippen LogP contribution is 2.17. The van der Waals surface area contributed by atoms with Gasteiger partial charge in [0.15, 0.2) is 0 Å². The van der Waals surface area contributed by atoms with E-state index in [1.807, 2.05) is 0 Å². The van der Waals surface area contributed by atoms with Gasteiger partial charge < -0.3 is 10.3 Å². The minimum atomic E-state index is 0.966. The van der Waals surface area contributed by atoms with Crippen molar-refractivity contribution in [1.29, 1.82) is 0 Å². The summed E-state index contributed by atoms with van der Waals surface area (Å²) in [4.78, 5) is 3.30. The van der Waals surface area contributed by atoms with Crippen molar-refractivity contribution in [2.75, 3.05) is 6.54 Å². The van der Waals surface area contributed by atoms with Gasteiger partial charge >= 0.3 is 0 Å². The van der Waals surface area contributed by atoms with Crippen LogP contribution in [0.1, 0.15) is 31.7 Å². The Morgan fingerprint density at radius 1 is 1.19 bits per heavy atom. The summed E-state index contributed by atoms with van der Waals surface area (Å²) in [6, 6.07) is 8.46. The molecular weight excluding hydrogens is 196 g/mol. The Morgan fingerprint density at radius 3 is 2.94 bits per heavy atom. The summed E-state index contributed by atoms with van der Waals surface area (Å²) >= 11 is 0. The summed E-state index contributed by atoms with van der Waals surface area (Å²) in [7, 11) is 0. The summed E-state index contributed by atoms with van der Waals surface area (Å²) in [5, 5.41) is 4.83. The molecule has 2 rings (SSSR count). The molecule has 0 fully saturated rings. The van der Waals surface area contributed by atoms with Crippen molar-refractivity contribution in [3.8, 4) is 0 Å². The minimum Gasteiger partial charge on any atom is -0.361 e. The molecule has 0 radical (unpaired) electrons. The third-order valence-electron chi connectivity index (χ3n) is 2.95. The zero-order chi connectivity index (χ0) is 11.2. The predicted molar refractivity (Wildman–Crippen MR) is 69.5 cm³/mol. The van der Waals surface area contributed by atoms with Gasteiger partial charge in [-0.2, -0.15) is 0 Å². The molecule has 0 saturated heterocycles. The molecule has 2 aromatic rings. The minimum absolute atomic E-state index is 0.966. The summed E-state index contributed by atoms with van der Waals surface area (Å²) < 4.78 is 0. The van der Waals surface area contributed by atoms with E-state index in [1.165, 1.54) is 35.7 Å². The van der Waals surface area contributed by atoms with Gasteiger partial charge in [0.2, 0.25) is 0 Å². The fourth-order valence-electron chi connectivity index (χ4n) is 2.00. The van der Waals surface area contributed by atoms with E-state index in [0.29, 0.717) is 0 Å². The number of nitrogens with one attached hydrogen (secondary N) is 2. The molecule has 0 aliphatic rings. The Kier molecular flexibility index (Phi) is 4.00. The van der Waals surface area contributed by atoms with Crippen LogP contribution in [0.4, 0.5) is 0 Å². The second-order valence-corrected chi connectivity index (χ2v) is 4.24. The first kappa shape index (κ1) is 11.2. The van der Waals surface area contributed by atoms with E-state index in [1.54, 1.807) is 0 Å². The Labute approximate surface area is 97.1 Å². The predicted octanol–water partition coefficient (Wildman–Crippen LogP) is 3.45. The standard InChI is InChI=1S/C14H20N2/c1-2-3-6-9-15-10-12-11-16-14-8-5-4-7-13(12)14/h4-5,7-8,11,15-16H,2-3,6,9-10H2,1H3. The monoisotopic (exact) mass is 216 g/mol. The van der Waals surface area contributed by atoms with Gasteiger partial charge in [0.05, 0.1) is 0 Å². The van der Waals surface area contributed by atoms with Gasteiger partial charge in [-0.05, 0) is 24.6 Å². The smallest absolute Gasteiger partial charge is 0.0457 e. The molecular formula is C14H20N2. The maximum atomic E-state index is 3.49. The Balaban J connectivity index is 1.89. The third kappa shape index (κ3) is 2.64. The number of aromatic amines is 1. The van der Waals surface area contributed by atoms with E-state index >= 15 is 0 Å². The maximum absolute atomic E-state index is 3.49. The Bertz CT molecular complexity index is 431. The van der Waals surface area contributed by atoms with Gasteiger partial charge in [0.1, 0.15) is 0 Å². The SMILES string of the molecule is CCCCCNCc1c[nH]c2ccccc12. The Morgan fingerprint density at radius 2 is 2.06 bits per heavy atom. The highest BCUT2D eigenvalue weighted by molar-refractivity contribution is 5.82. The molecule has 0 saturated carbocycles. The molecule has 1 aromatic heterocycles. The van der Waals surface area contributed by atoms with Gasteiger partial charge in [0.25, 0.3) is 0 Å². The maximum Gasteiger partial charge on any atom is 0.0457 e. The molecule has 0 bridgehead atoms. The average molecular weight is 216 g/mol. The Hall–Kier alpha value is -1.28. The van der Waals surface area contributed by atoms with Crippen LogP contribution in [0.5, 0.6) is 0 Å². The quantitative estimate of drug-likeness (QED) is 0.711. The molecule has 2 nitrogen and oxygen atoms in total. The molecule has 0 aliphatic carbocycles. The number of H-pyrrole nitrogens is 1. The number of hydrogen-bond acceptors (Lipinski definition) is 1. The van der Waals surface area contributed by atoms with Crippen molar-refractivity contribution in [2.45, 2.75) is 32.7 Å². The van der Waals surface area contributed by atoms with Crippen LogP contribution in [0.15, 0.2) is 30.5 Å². The van der Waals surface area contributed by atoms with E-state index in [0.717, 1.165) is 13.1 Å². The first-order chi connectivity index (χ1) is 7.92. The molecule has 0 unspecified atom stereocenters. The van der Waals surface area contributed by atoms with E-state index in [-0.39, 0.29) is 0 Å². The highest BCUT2D eigenvalue weighted by atomic mass is 14.9. The van der Waals surface area contributed by atoms with E-state index in [4.69, 9.17) is 0 Å². The molecule has 2 N–H and O–H groups in total. The van der Waals surface area contributed by atoms with Crippen molar-refractivity contribution in [1.82, 2.24) is 10.3 Å². The van der Waals surface area contributed by atoms with Gasteiger partial charge in [-0.15, -0.1) is 0 Å². The normalized spacial score (nSPS) is 11.1. The van der Waals surface area contributed by atoms with Crippen LogP contribution >= 0.6 is 0 Å². The lowest BCUT2D eigenvalue weighted by Crippen LogP contribution is -2.14. The molecule has 0 atom stereocenters. The number of rotatable bonds is 6. The first-order valence-electron chi connectivity index (χ1n) is 6.17. The van der Waals surface area contributed by atoms with Gasteiger partial charge in [-0.1, -0.05) is 38.0 Å². The van der Waals surface area contributed by atoms with E-state index < -0.39 is 0 Å². The van der Waals surface area contributed by atoms with Gasteiger partial charge in [-0.3, -0.25) is 0 Å².